The predicted molar refractivity (Wildman–Crippen MR) is 73.3 cm³/mol. The Hall–Kier alpha value is -1.43. The van der Waals surface area contributed by atoms with Crippen LogP contribution < -0.4 is 5.32 Å². The third-order valence-corrected chi connectivity index (χ3v) is 4.21. The Morgan fingerprint density at radius 1 is 1.37 bits per heavy atom. The lowest BCUT2D eigenvalue weighted by molar-refractivity contribution is -0.113. The van der Waals surface area contributed by atoms with Crippen LogP contribution in [0.3, 0.4) is 0 Å². The van der Waals surface area contributed by atoms with Gasteiger partial charge in [-0.25, -0.2) is 12.8 Å². The quantitative estimate of drug-likeness (QED) is 0.902. The van der Waals surface area contributed by atoms with Crippen LogP contribution in [0.2, 0.25) is 0 Å². The highest BCUT2D eigenvalue weighted by Crippen LogP contribution is 2.15. The van der Waals surface area contributed by atoms with Crippen molar-refractivity contribution in [1.29, 1.82) is 0 Å². The molecule has 0 radical (unpaired) electrons. The molecule has 19 heavy (non-hydrogen) atoms. The molecule has 0 fully saturated rings. The summed E-state index contributed by atoms with van der Waals surface area (Å²) in [6, 6.07) is 4.33. The van der Waals surface area contributed by atoms with Gasteiger partial charge in [0.15, 0.2) is 9.84 Å². The van der Waals surface area contributed by atoms with Crippen LogP contribution in [-0.2, 0) is 14.6 Å². The van der Waals surface area contributed by atoms with Gasteiger partial charge in [0.1, 0.15) is 11.6 Å². The first-order chi connectivity index (χ1) is 8.69. The summed E-state index contributed by atoms with van der Waals surface area (Å²) in [5.41, 5.74) is 0.721. The van der Waals surface area contributed by atoms with Crippen molar-refractivity contribution in [3.05, 3.63) is 29.6 Å². The van der Waals surface area contributed by atoms with Gasteiger partial charge in [0.25, 0.3) is 0 Å². The lowest BCUT2D eigenvalue weighted by atomic mass is 10.2. The molecule has 106 valence electrons. The number of carbonyl (C=O) groups is 1. The maximum absolute atomic E-state index is 13.5. The molecule has 1 rings (SSSR count). The van der Waals surface area contributed by atoms with Gasteiger partial charge in [0.05, 0.1) is 11.4 Å². The second-order valence-electron chi connectivity index (χ2n) is 4.98. The summed E-state index contributed by atoms with van der Waals surface area (Å²) in [7, 11) is -3.46. The van der Waals surface area contributed by atoms with Gasteiger partial charge < -0.3 is 5.32 Å². The number of halogens is 1. The number of benzene rings is 1. The molecule has 1 amide bonds. The summed E-state index contributed by atoms with van der Waals surface area (Å²) in [6.45, 7) is 5.24. The molecule has 0 aliphatic heterocycles. The second kappa shape index (κ2) is 6.14. The molecular formula is C13H18FNO3S. The van der Waals surface area contributed by atoms with Gasteiger partial charge in [0, 0.05) is 0 Å². The molecule has 0 aromatic heterocycles. The van der Waals surface area contributed by atoms with E-state index < -0.39 is 27.3 Å². The molecule has 0 saturated heterocycles. The fraction of sp³-hybridized carbons (Fsp3) is 0.462. The van der Waals surface area contributed by atoms with E-state index in [1.807, 2.05) is 0 Å². The number of hydrogen-bond acceptors (Lipinski definition) is 3. The number of sulfone groups is 1. The molecule has 0 unspecified atom stereocenters. The van der Waals surface area contributed by atoms with Gasteiger partial charge in [-0.15, -0.1) is 0 Å². The van der Waals surface area contributed by atoms with Crippen LogP contribution in [0, 0.1) is 18.7 Å². The third kappa shape index (κ3) is 5.38. The first-order valence-electron chi connectivity index (χ1n) is 5.96. The maximum Gasteiger partial charge on any atom is 0.239 e. The molecule has 0 atom stereocenters. The Labute approximate surface area is 112 Å². The Morgan fingerprint density at radius 3 is 2.53 bits per heavy atom. The second-order valence-corrected chi connectivity index (χ2v) is 7.09. The Balaban J connectivity index is 2.70. The van der Waals surface area contributed by atoms with Gasteiger partial charge in [-0.1, -0.05) is 19.9 Å². The zero-order chi connectivity index (χ0) is 14.6. The lowest BCUT2D eigenvalue weighted by Gasteiger charge is -2.09. The van der Waals surface area contributed by atoms with Crippen molar-refractivity contribution < 1.29 is 17.6 Å². The van der Waals surface area contributed by atoms with Gasteiger partial charge in [0.2, 0.25) is 5.91 Å². The third-order valence-electron chi connectivity index (χ3n) is 2.34. The number of rotatable bonds is 5. The number of nitrogens with one attached hydrogen (secondary N) is 1. The van der Waals surface area contributed by atoms with E-state index in [-0.39, 0.29) is 17.4 Å². The van der Waals surface area contributed by atoms with Gasteiger partial charge in [-0.2, -0.15) is 0 Å². The molecular weight excluding hydrogens is 269 g/mol. The minimum atomic E-state index is -3.46. The molecule has 0 bridgehead atoms. The van der Waals surface area contributed by atoms with Crippen molar-refractivity contribution in [1.82, 2.24) is 0 Å². The van der Waals surface area contributed by atoms with Crippen molar-refractivity contribution in [2.75, 3.05) is 16.8 Å². The smallest absolute Gasteiger partial charge is 0.239 e. The number of amides is 1. The number of aryl methyl sites for hydroxylation is 1. The summed E-state index contributed by atoms with van der Waals surface area (Å²) in [6.07, 6.45) is 0. The first kappa shape index (κ1) is 15.6. The zero-order valence-corrected chi connectivity index (χ0v) is 12.1. The molecule has 0 aliphatic rings. The summed E-state index contributed by atoms with van der Waals surface area (Å²) in [4.78, 5) is 11.6. The molecule has 0 aliphatic carbocycles. The lowest BCUT2D eigenvalue weighted by Crippen LogP contribution is -2.26. The fourth-order valence-corrected chi connectivity index (χ4v) is 3.28. The minimum absolute atomic E-state index is 0.00431. The molecule has 1 aromatic carbocycles. The first-order valence-corrected chi connectivity index (χ1v) is 7.78. The van der Waals surface area contributed by atoms with E-state index in [0.29, 0.717) is 0 Å². The SMILES string of the molecule is Cc1ccc(NC(=O)CS(=O)(=O)CC(C)C)c(F)c1. The fourth-order valence-electron chi connectivity index (χ4n) is 1.67. The highest BCUT2D eigenvalue weighted by molar-refractivity contribution is 7.92. The van der Waals surface area contributed by atoms with Gasteiger partial charge >= 0.3 is 0 Å². The van der Waals surface area contributed by atoms with E-state index in [0.717, 1.165) is 5.56 Å². The molecule has 1 aromatic rings. The highest BCUT2D eigenvalue weighted by Gasteiger charge is 2.19. The van der Waals surface area contributed by atoms with Crippen LogP contribution in [0.1, 0.15) is 19.4 Å². The van der Waals surface area contributed by atoms with Crippen LogP contribution in [0.5, 0.6) is 0 Å². The molecule has 4 nitrogen and oxygen atoms in total. The van der Waals surface area contributed by atoms with E-state index in [2.05, 4.69) is 5.32 Å². The Kier molecular flexibility index (Phi) is 5.05. The highest BCUT2D eigenvalue weighted by atomic mass is 32.2. The molecule has 6 heteroatoms. The van der Waals surface area contributed by atoms with E-state index >= 15 is 0 Å². The maximum atomic E-state index is 13.5. The normalized spacial score (nSPS) is 11.6. The minimum Gasteiger partial charge on any atom is -0.323 e. The van der Waals surface area contributed by atoms with Gasteiger partial charge in [-0.3, -0.25) is 4.79 Å². The topological polar surface area (TPSA) is 63.2 Å². The van der Waals surface area contributed by atoms with Crippen molar-refractivity contribution in [2.24, 2.45) is 5.92 Å². The van der Waals surface area contributed by atoms with E-state index in [4.69, 9.17) is 0 Å². The van der Waals surface area contributed by atoms with Crippen molar-refractivity contribution >= 4 is 21.4 Å². The Morgan fingerprint density at radius 2 is 2.00 bits per heavy atom. The monoisotopic (exact) mass is 287 g/mol. The molecule has 0 saturated carbocycles. The van der Waals surface area contributed by atoms with Crippen LogP contribution in [0.25, 0.3) is 0 Å². The van der Waals surface area contributed by atoms with Crippen LogP contribution in [0.4, 0.5) is 10.1 Å². The van der Waals surface area contributed by atoms with E-state index in [1.54, 1.807) is 26.8 Å². The molecule has 0 heterocycles. The van der Waals surface area contributed by atoms with Gasteiger partial charge in [-0.05, 0) is 30.5 Å². The average molecular weight is 287 g/mol. The van der Waals surface area contributed by atoms with Crippen LogP contribution in [-0.4, -0.2) is 25.8 Å². The summed E-state index contributed by atoms with van der Waals surface area (Å²) < 4.78 is 36.7. The molecule has 0 spiro atoms. The number of carbonyl (C=O) groups excluding carboxylic acids is 1. The standard InChI is InChI=1S/C13H18FNO3S/c1-9(2)7-19(17,18)8-13(16)15-12-5-4-10(3)6-11(12)14/h4-6,9H,7-8H2,1-3H3,(H,15,16). The number of anilines is 1. The summed E-state index contributed by atoms with van der Waals surface area (Å²) in [5, 5.41) is 2.27. The molecule has 1 N–H and O–H groups in total. The Bertz CT molecular complexity index is 567. The van der Waals surface area contributed by atoms with Crippen molar-refractivity contribution in [2.45, 2.75) is 20.8 Å². The average Bonchev–Trinajstić information content (AvgIpc) is 2.19. The van der Waals surface area contributed by atoms with Crippen LogP contribution >= 0.6 is 0 Å². The van der Waals surface area contributed by atoms with Crippen molar-refractivity contribution in [3.8, 4) is 0 Å². The van der Waals surface area contributed by atoms with E-state index in [9.17, 15) is 17.6 Å². The van der Waals surface area contributed by atoms with Crippen molar-refractivity contribution in [3.63, 3.8) is 0 Å². The predicted octanol–water partition coefficient (Wildman–Crippen LogP) is 2.14. The number of hydrogen-bond donors (Lipinski definition) is 1. The van der Waals surface area contributed by atoms with Crippen LogP contribution in [0.15, 0.2) is 18.2 Å². The summed E-state index contributed by atoms with van der Waals surface area (Å²) in [5.74, 6) is -2.03. The zero-order valence-electron chi connectivity index (χ0n) is 11.2. The summed E-state index contributed by atoms with van der Waals surface area (Å²) >= 11 is 0. The van der Waals surface area contributed by atoms with E-state index in [1.165, 1.54) is 12.1 Å². The largest absolute Gasteiger partial charge is 0.323 e.